The van der Waals surface area contributed by atoms with Crippen molar-refractivity contribution < 1.29 is 9.50 Å². The average Bonchev–Trinajstić information content (AvgIpc) is 2.36. The van der Waals surface area contributed by atoms with Crippen molar-refractivity contribution in [3.05, 3.63) is 21.5 Å². The summed E-state index contributed by atoms with van der Waals surface area (Å²) in [6, 6.07) is 3.04. The lowest BCUT2D eigenvalue weighted by Gasteiger charge is -2.40. The molecule has 1 fully saturated rings. The predicted molar refractivity (Wildman–Crippen MR) is 84.6 cm³/mol. The molecule has 0 bridgehead atoms. The summed E-state index contributed by atoms with van der Waals surface area (Å²) in [6.45, 7) is 2.23. The van der Waals surface area contributed by atoms with E-state index in [1.807, 2.05) is 22.6 Å². The maximum atomic E-state index is 13.7. The van der Waals surface area contributed by atoms with Crippen molar-refractivity contribution in [1.29, 1.82) is 0 Å². The molecule has 3 nitrogen and oxygen atoms in total. The number of nitrogens with two attached hydrogens (primary N) is 1. The topological polar surface area (TPSA) is 58.3 Å². The largest absolute Gasteiger partial charge is 0.397 e. The Morgan fingerprint density at radius 2 is 2.32 bits per heavy atom. The number of anilines is 2. The van der Waals surface area contributed by atoms with Crippen molar-refractivity contribution >= 4 is 34.0 Å². The summed E-state index contributed by atoms with van der Waals surface area (Å²) in [6.07, 6.45) is 4.03. The monoisotopic (exact) mass is 378 g/mol. The van der Waals surface area contributed by atoms with Gasteiger partial charge < -0.3 is 16.2 Å². The minimum Gasteiger partial charge on any atom is -0.397 e. The number of benzene rings is 1. The lowest BCUT2D eigenvalue weighted by atomic mass is 9.76. The number of aliphatic hydroxyl groups excluding tert-OH is 1. The van der Waals surface area contributed by atoms with Gasteiger partial charge in [-0.15, -0.1) is 0 Å². The van der Waals surface area contributed by atoms with E-state index in [9.17, 15) is 9.50 Å². The third-order valence-corrected chi connectivity index (χ3v) is 4.71. The molecule has 0 saturated heterocycles. The van der Waals surface area contributed by atoms with Crippen LogP contribution in [0.4, 0.5) is 15.8 Å². The number of halogens is 2. The van der Waals surface area contributed by atoms with Gasteiger partial charge in [0.15, 0.2) is 0 Å². The normalized spacial score (nSPS) is 27.3. The highest BCUT2D eigenvalue weighted by Crippen LogP contribution is 2.36. The molecule has 2 unspecified atom stereocenters. The molecule has 1 saturated carbocycles. The molecule has 106 valence electrons. The van der Waals surface area contributed by atoms with Crippen LogP contribution >= 0.6 is 22.6 Å². The van der Waals surface area contributed by atoms with E-state index >= 15 is 0 Å². The van der Waals surface area contributed by atoms with E-state index in [4.69, 9.17) is 5.73 Å². The number of nitrogens with one attached hydrogen (secondary N) is 1. The summed E-state index contributed by atoms with van der Waals surface area (Å²) in [4.78, 5) is 0. The average molecular weight is 378 g/mol. The standard InChI is InChI=1S/C14H20FIN2O/c1-9-3-2-4-14(7-9,8-19)18-13-5-10(15)11(16)6-12(13)17/h5-6,9,18-19H,2-4,7-8,17H2,1H3. The van der Waals surface area contributed by atoms with Crippen molar-refractivity contribution in [3.8, 4) is 0 Å². The van der Waals surface area contributed by atoms with Gasteiger partial charge in [-0.2, -0.15) is 0 Å². The van der Waals surface area contributed by atoms with Crippen LogP contribution in [0.25, 0.3) is 0 Å². The first-order chi connectivity index (χ1) is 8.96. The molecule has 0 spiro atoms. The van der Waals surface area contributed by atoms with Gasteiger partial charge in [0.2, 0.25) is 0 Å². The molecule has 0 amide bonds. The van der Waals surface area contributed by atoms with Gasteiger partial charge >= 0.3 is 0 Å². The zero-order chi connectivity index (χ0) is 14.0. The van der Waals surface area contributed by atoms with Gasteiger partial charge in [-0.1, -0.05) is 19.8 Å². The Kier molecular flexibility index (Phi) is 4.55. The Morgan fingerprint density at radius 1 is 1.58 bits per heavy atom. The van der Waals surface area contributed by atoms with E-state index in [0.29, 0.717) is 20.9 Å². The minimum absolute atomic E-state index is 0.0460. The molecule has 1 aromatic rings. The van der Waals surface area contributed by atoms with Crippen LogP contribution in [0, 0.1) is 15.3 Å². The fourth-order valence-electron chi connectivity index (χ4n) is 2.91. The highest BCUT2D eigenvalue weighted by atomic mass is 127. The van der Waals surface area contributed by atoms with Crippen molar-refractivity contribution in [2.75, 3.05) is 17.7 Å². The molecule has 1 aliphatic carbocycles. The smallest absolute Gasteiger partial charge is 0.138 e. The molecule has 0 radical (unpaired) electrons. The lowest BCUT2D eigenvalue weighted by Crippen LogP contribution is -2.46. The maximum absolute atomic E-state index is 13.7. The molecule has 5 heteroatoms. The Bertz CT molecular complexity index is 469. The van der Waals surface area contributed by atoms with Crippen LogP contribution in [0.3, 0.4) is 0 Å². The van der Waals surface area contributed by atoms with Crippen molar-refractivity contribution in [2.45, 2.75) is 38.1 Å². The molecule has 1 aliphatic rings. The Balaban J connectivity index is 2.25. The van der Waals surface area contributed by atoms with Crippen LogP contribution in [-0.4, -0.2) is 17.3 Å². The second-order valence-electron chi connectivity index (χ2n) is 5.62. The van der Waals surface area contributed by atoms with E-state index in [-0.39, 0.29) is 18.0 Å². The third-order valence-electron chi connectivity index (χ3n) is 3.89. The van der Waals surface area contributed by atoms with Gasteiger partial charge in [0.1, 0.15) is 5.82 Å². The van der Waals surface area contributed by atoms with Crippen molar-refractivity contribution in [2.24, 2.45) is 5.92 Å². The molecule has 1 aromatic carbocycles. The van der Waals surface area contributed by atoms with E-state index in [0.717, 1.165) is 19.3 Å². The number of nitrogen functional groups attached to an aromatic ring is 1. The molecule has 0 aromatic heterocycles. The van der Waals surface area contributed by atoms with Crippen molar-refractivity contribution in [3.63, 3.8) is 0 Å². The summed E-state index contributed by atoms with van der Waals surface area (Å²) >= 11 is 1.92. The van der Waals surface area contributed by atoms with E-state index in [2.05, 4.69) is 12.2 Å². The van der Waals surface area contributed by atoms with Crippen LogP contribution in [0.1, 0.15) is 32.6 Å². The van der Waals surface area contributed by atoms with Crippen LogP contribution in [0.15, 0.2) is 12.1 Å². The van der Waals surface area contributed by atoms with Gasteiger partial charge in [0, 0.05) is 6.07 Å². The highest BCUT2D eigenvalue weighted by molar-refractivity contribution is 14.1. The number of hydrogen-bond acceptors (Lipinski definition) is 3. The van der Waals surface area contributed by atoms with Gasteiger partial charge in [0.05, 0.1) is 27.1 Å². The fraction of sp³-hybridized carbons (Fsp3) is 0.571. The second-order valence-corrected chi connectivity index (χ2v) is 6.78. The van der Waals surface area contributed by atoms with Crippen molar-refractivity contribution in [1.82, 2.24) is 0 Å². The summed E-state index contributed by atoms with van der Waals surface area (Å²) in [7, 11) is 0. The predicted octanol–water partition coefficient (Wildman–Crippen LogP) is 3.37. The van der Waals surface area contributed by atoms with Gasteiger partial charge in [-0.3, -0.25) is 0 Å². The van der Waals surface area contributed by atoms with Gasteiger partial charge in [0.25, 0.3) is 0 Å². The van der Waals surface area contributed by atoms with E-state index in [1.165, 1.54) is 12.5 Å². The molecule has 0 heterocycles. The Labute approximate surface area is 126 Å². The molecule has 2 rings (SSSR count). The Hall–Kier alpha value is -0.560. The highest BCUT2D eigenvalue weighted by Gasteiger charge is 2.34. The molecule has 19 heavy (non-hydrogen) atoms. The van der Waals surface area contributed by atoms with Crippen LogP contribution < -0.4 is 11.1 Å². The number of aliphatic hydroxyl groups is 1. The zero-order valence-electron chi connectivity index (χ0n) is 11.0. The first-order valence-electron chi connectivity index (χ1n) is 6.59. The SMILES string of the molecule is CC1CCCC(CO)(Nc2cc(F)c(I)cc2N)C1. The number of hydrogen-bond donors (Lipinski definition) is 3. The summed E-state index contributed by atoms with van der Waals surface area (Å²) in [5.41, 5.74) is 6.68. The Morgan fingerprint density at radius 3 is 2.95 bits per heavy atom. The molecular weight excluding hydrogens is 358 g/mol. The zero-order valence-corrected chi connectivity index (χ0v) is 13.2. The lowest BCUT2D eigenvalue weighted by molar-refractivity contribution is 0.149. The summed E-state index contributed by atoms with van der Waals surface area (Å²) < 4.78 is 14.2. The summed E-state index contributed by atoms with van der Waals surface area (Å²) in [5.74, 6) is 0.276. The number of rotatable bonds is 3. The quantitative estimate of drug-likeness (QED) is 0.559. The molecule has 4 N–H and O–H groups in total. The summed E-state index contributed by atoms with van der Waals surface area (Å²) in [5, 5.41) is 13.0. The molecule has 2 atom stereocenters. The fourth-order valence-corrected chi connectivity index (χ4v) is 3.40. The van der Waals surface area contributed by atoms with Crippen LogP contribution in [0.5, 0.6) is 0 Å². The van der Waals surface area contributed by atoms with Gasteiger partial charge in [-0.05, 0) is 47.4 Å². The second kappa shape index (κ2) is 5.83. The van der Waals surface area contributed by atoms with Crippen LogP contribution in [-0.2, 0) is 0 Å². The molecule has 0 aliphatic heterocycles. The minimum atomic E-state index is -0.370. The van der Waals surface area contributed by atoms with E-state index < -0.39 is 0 Å². The molecular formula is C14H20FIN2O. The first kappa shape index (κ1) is 14.8. The van der Waals surface area contributed by atoms with Crippen LogP contribution in [0.2, 0.25) is 0 Å². The van der Waals surface area contributed by atoms with E-state index in [1.54, 1.807) is 6.07 Å². The third kappa shape index (κ3) is 3.31. The maximum Gasteiger partial charge on any atom is 0.138 e. The first-order valence-corrected chi connectivity index (χ1v) is 7.67. The van der Waals surface area contributed by atoms with Gasteiger partial charge in [-0.25, -0.2) is 4.39 Å².